The van der Waals surface area contributed by atoms with E-state index in [4.69, 9.17) is 5.11 Å². The molecular formula is C16H20N2O4. The summed E-state index contributed by atoms with van der Waals surface area (Å²) in [5.41, 5.74) is 1.50. The highest BCUT2D eigenvalue weighted by Crippen LogP contribution is 2.27. The lowest BCUT2D eigenvalue weighted by Gasteiger charge is -2.32. The number of aliphatic carboxylic acids is 1. The maximum Gasteiger partial charge on any atom is 0.306 e. The van der Waals surface area contributed by atoms with Crippen molar-refractivity contribution in [1.82, 2.24) is 10.6 Å². The third kappa shape index (κ3) is 4.07. The Balaban J connectivity index is 1.77. The van der Waals surface area contributed by atoms with Gasteiger partial charge in [-0.15, -0.1) is 0 Å². The molecule has 6 heteroatoms. The van der Waals surface area contributed by atoms with Gasteiger partial charge >= 0.3 is 5.97 Å². The molecule has 118 valence electrons. The van der Waals surface area contributed by atoms with Crippen molar-refractivity contribution in [3.8, 4) is 0 Å². The predicted molar refractivity (Wildman–Crippen MR) is 80.4 cm³/mol. The number of hydrogen-bond acceptors (Lipinski definition) is 3. The highest BCUT2D eigenvalue weighted by molar-refractivity contribution is 5.94. The van der Waals surface area contributed by atoms with Crippen molar-refractivity contribution >= 4 is 17.8 Å². The number of carbonyl (C=O) groups is 3. The minimum absolute atomic E-state index is 0.0224. The van der Waals surface area contributed by atoms with E-state index in [1.54, 1.807) is 25.2 Å². The Bertz CT molecular complexity index is 579. The lowest BCUT2D eigenvalue weighted by atomic mass is 9.80. The zero-order chi connectivity index (χ0) is 16.1. The molecule has 0 spiro atoms. The molecule has 0 radical (unpaired) electrons. The van der Waals surface area contributed by atoms with Crippen molar-refractivity contribution in [2.75, 3.05) is 7.05 Å². The standard InChI is InChI=1S/C16H20N2O4/c1-17-15(20)11-4-2-3-10(7-11)5-6-14(19)18-13-8-12(9-13)16(21)22/h2-4,7,12-13H,5-6,8-9H2,1H3,(H,17,20)(H,18,19)(H,21,22). The van der Waals surface area contributed by atoms with Gasteiger partial charge in [0.25, 0.3) is 5.91 Å². The van der Waals surface area contributed by atoms with Gasteiger partial charge in [0.1, 0.15) is 0 Å². The van der Waals surface area contributed by atoms with Crippen LogP contribution in [0.1, 0.15) is 35.2 Å². The van der Waals surface area contributed by atoms with Crippen molar-refractivity contribution in [2.24, 2.45) is 5.92 Å². The number of nitrogens with one attached hydrogen (secondary N) is 2. The number of hydrogen-bond donors (Lipinski definition) is 3. The summed E-state index contributed by atoms with van der Waals surface area (Å²) in [6, 6.07) is 7.15. The first-order valence-electron chi connectivity index (χ1n) is 7.32. The molecule has 3 N–H and O–H groups in total. The predicted octanol–water partition coefficient (Wildman–Crippen LogP) is 0.958. The Kier molecular flexibility index (Phi) is 5.14. The van der Waals surface area contributed by atoms with Crippen LogP contribution in [0.25, 0.3) is 0 Å². The van der Waals surface area contributed by atoms with Crippen molar-refractivity contribution in [3.05, 3.63) is 35.4 Å². The Labute approximate surface area is 128 Å². The van der Waals surface area contributed by atoms with Crippen LogP contribution >= 0.6 is 0 Å². The molecule has 0 aromatic heterocycles. The Morgan fingerprint density at radius 2 is 2.00 bits per heavy atom. The molecular weight excluding hydrogens is 284 g/mol. The number of aryl methyl sites for hydroxylation is 1. The number of carbonyl (C=O) groups excluding carboxylic acids is 2. The summed E-state index contributed by atoms with van der Waals surface area (Å²) in [5.74, 6) is -1.36. The normalized spacial score (nSPS) is 19.9. The van der Waals surface area contributed by atoms with E-state index in [2.05, 4.69) is 10.6 Å². The van der Waals surface area contributed by atoms with Gasteiger partial charge in [0.15, 0.2) is 0 Å². The van der Waals surface area contributed by atoms with Gasteiger partial charge in [-0.1, -0.05) is 12.1 Å². The van der Waals surface area contributed by atoms with Crippen molar-refractivity contribution < 1.29 is 19.5 Å². The molecule has 1 aromatic carbocycles. The number of carboxylic acid groups (broad SMARTS) is 1. The third-order valence-corrected chi connectivity index (χ3v) is 3.91. The number of amides is 2. The quantitative estimate of drug-likeness (QED) is 0.729. The van der Waals surface area contributed by atoms with E-state index in [9.17, 15) is 14.4 Å². The fraction of sp³-hybridized carbons (Fsp3) is 0.438. The SMILES string of the molecule is CNC(=O)c1cccc(CCC(=O)NC2CC(C(=O)O)C2)c1. The van der Waals surface area contributed by atoms with Gasteiger partial charge in [-0.25, -0.2) is 0 Å². The van der Waals surface area contributed by atoms with Gasteiger partial charge < -0.3 is 15.7 Å². The summed E-state index contributed by atoms with van der Waals surface area (Å²) < 4.78 is 0. The van der Waals surface area contributed by atoms with Crippen LogP contribution in [-0.4, -0.2) is 36.0 Å². The van der Waals surface area contributed by atoms with E-state index in [0.717, 1.165) is 5.56 Å². The highest BCUT2D eigenvalue weighted by atomic mass is 16.4. The topological polar surface area (TPSA) is 95.5 Å². The zero-order valence-corrected chi connectivity index (χ0v) is 12.5. The molecule has 0 bridgehead atoms. The van der Waals surface area contributed by atoms with Gasteiger partial charge in [0.05, 0.1) is 5.92 Å². The van der Waals surface area contributed by atoms with Crippen LogP contribution in [-0.2, 0) is 16.0 Å². The minimum Gasteiger partial charge on any atom is -0.481 e. The molecule has 0 saturated heterocycles. The maximum atomic E-state index is 11.8. The molecule has 1 aliphatic carbocycles. The summed E-state index contributed by atoms with van der Waals surface area (Å²) in [5, 5.41) is 14.2. The van der Waals surface area contributed by atoms with Crippen LogP contribution in [0.2, 0.25) is 0 Å². The van der Waals surface area contributed by atoms with E-state index < -0.39 is 5.97 Å². The molecule has 1 fully saturated rings. The van der Waals surface area contributed by atoms with E-state index >= 15 is 0 Å². The van der Waals surface area contributed by atoms with Crippen LogP contribution in [0, 0.1) is 5.92 Å². The smallest absolute Gasteiger partial charge is 0.306 e. The molecule has 0 atom stereocenters. The van der Waals surface area contributed by atoms with Gasteiger partial charge in [-0.3, -0.25) is 14.4 Å². The van der Waals surface area contributed by atoms with E-state index in [1.807, 2.05) is 6.07 Å². The van der Waals surface area contributed by atoms with Crippen LogP contribution < -0.4 is 10.6 Å². The fourth-order valence-electron chi connectivity index (χ4n) is 2.51. The highest BCUT2D eigenvalue weighted by Gasteiger charge is 2.35. The van der Waals surface area contributed by atoms with E-state index in [-0.39, 0.29) is 23.8 Å². The van der Waals surface area contributed by atoms with Gasteiger partial charge in [0.2, 0.25) is 5.91 Å². The van der Waals surface area contributed by atoms with Gasteiger partial charge in [0, 0.05) is 25.1 Å². The average molecular weight is 304 g/mol. The van der Waals surface area contributed by atoms with Gasteiger partial charge in [-0.05, 0) is 37.0 Å². The Morgan fingerprint density at radius 3 is 2.64 bits per heavy atom. The van der Waals surface area contributed by atoms with Crippen LogP contribution in [0.15, 0.2) is 24.3 Å². The molecule has 0 unspecified atom stereocenters. The number of benzene rings is 1. The summed E-state index contributed by atoms with van der Waals surface area (Å²) in [7, 11) is 1.57. The van der Waals surface area contributed by atoms with Gasteiger partial charge in [-0.2, -0.15) is 0 Å². The molecule has 0 aliphatic heterocycles. The monoisotopic (exact) mass is 304 g/mol. The van der Waals surface area contributed by atoms with Crippen molar-refractivity contribution in [1.29, 1.82) is 0 Å². The molecule has 22 heavy (non-hydrogen) atoms. The molecule has 2 amide bonds. The molecule has 1 aromatic rings. The van der Waals surface area contributed by atoms with Crippen molar-refractivity contribution in [2.45, 2.75) is 31.7 Å². The van der Waals surface area contributed by atoms with Crippen LogP contribution in [0.4, 0.5) is 0 Å². The Morgan fingerprint density at radius 1 is 1.27 bits per heavy atom. The lowest BCUT2D eigenvalue weighted by Crippen LogP contribution is -2.46. The van der Waals surface area contributed by atoms with E-state index in [0.29, 0.717) is 31.2 Å². The summed E-state index contributed by atoms with van der Waals surface area (Å²) in [6.07, 6.45) is 1.89. The van der Waals surface area contributed by atoms with Crippen LogP contribution in [0.3, 0.4) is 0 Å². The molecule has 2 rings (SSSR count). The first-order valence-corrected chi connectivity index (χ1v) is 7.32. The first-order chi connectivity index (χ1) is 10.5. The molecule has 1 saturated carbocycles. The molecule has 0 heterocycles. The van der Waals surface area contributed by atoms with E-state index in [1.165, 1.54) is 0 Å². The average Bonchev–Trinajstić information content (AvgIpc) is 2.47. The second-order valence-corrected chi connectivity index (χ2v) is 5.55. The lowest BCUT2D eigenvalue weighted by molar-refractivity contribution is -0.146. The number of carboxylic acids is 1. The summed E-state index contributed by atoms with van der Waals surface area (Å²) >= 11 is 0. The van der Waals surface area contributed by atoms with Crippen molar-refractivity contribution in [3.63, 3.8) is 0 Å². The molecule has 1 aliphatic rings. The number of rotatable bonds is 6. The first kappa shape index (κ1) is 16.0. The third-order valence-electron chi connectivity index (χ3n) is 3.91. The second-order valence-electron chi connectivity index (χ2n) is 5.55. The molecule has 6 nitrogen and oxygen atoms in total. The zero-order valence-electron chi connectivity index (χ0n) is 12.5. The fourth-order valence-corrected chi connectivity index (χ4v) is 2.51. The Hall–Kier alpha value is -2.37. The summed E-state index contributed by atoms with van der Waals surface area (Å²) in [6.45, 7) is 0. The second kappa shape index (κ2) is 7.06. The van der Waals surface area contributed by atoms with Crippen LogP contribution in [0.5, 0.6) is 0 Å². The summed E-state index contributed by atoms with van der Waals surface area (Å²) in [4.78, 5) is 34.1. The largest absolute Gasteiger partial charge is 0.481 e. The minimum atomic E-state index is -0.795. The maximum absolute atomic E-state index is 11.8.